The fraction of sp³-hybridized carbons (Fsp3) is 0.395. The number of hydrogen-bond donors (Lipinski definition) is 4. The summed E-state index contributed by atoms with van der Waals surface area (Å²) in [5.74, 6) is -0.449. The van der Waals surface area contributed by atoms with E-state index in [9.17, 15) is 27.9 Å². The zero-order valence-corrected chi connectivity index (χ0v) is 29.6. The molecule has 3 amide bonds. The van der Waals surface area contributed by atoms with Crippen molar-refractivity contribution in [2.24, 2.45) is 17.8 Å². The third-order valence-electron chi connectivity index (χ3n) is 8.14. The van der Waals surface area contributed by atoms with E-state index in [0.29, 0.717) is 24.2 Å². The largest absolute Gasteiger partial charge is 0.391 e. The third kappa shape index (κ3) is 11.8. The van der Waals surface area contributed by atoms with Crippen LogP contribution in [0.1, 0.15) is 62.0 Å². The standard InChI is InChI=1S/C38H48N4O6S/c1-7-30(36(44)41-35(27(4)5)38(46)39-24-28-15-10-8-11-16-28)23-34(43)33(21-26(2)3)40-37(45)31-19-14-20-32(22-31)42(6)49(47,48)25-29-17-12-9-13-18-29/h1,8-20,22,26-27,30,33-35,43H,21,23-25H2,2-6H3,(H,39,46)(H,40,45)(H,41,44)/t30-,33+,34+,35+/m1/s1. The maximum atomic E-state index is 13.5. The SMILES string of the molecule is C#C[C@H](C[C@H](O)[C@H](CC(C)C)NC(=O)c1cccc(N(C)S(=O)(=O)Cc2ccccc2)c1)C(=O)N[C@H](C(=O)NCc1ccccc1)C(C)C. The summed E-state index contributed by atoms with van der Waals surface area (Å²) in [6.07, 6.45) is 4.78. The number of carbonyl (C=O) groups is 3. The number of sulfonamides is 1. The first kappa shape index (κ1) is 38.8. The second-order valence-corrected chi connectivity index (χ2v) is 14.9. The molecule has 3 aromatic carbocycles. The van der Waals surface area contributed by atoms with E-state index < -0.39 is 45.9 Å². The van der Waals surface area contributed by atoms with Gasteiger partial charge in [-0.15, -0.1) is 6.42 Å². The zero-order chi connectivity index (χ0) is 36.1. The molecule has 49 heavy (non-hydrogen) atoms. The van der Waals surface area contributed by atoms with Crippen LogP contribution in [0.15, 0.2) is 84.9 Å². The highest BCUT2D eigenvalue weighted by Gasteiger charge is 2.31. The minimum absolute atomic E-state index is 0.0669. The van der Waals surface area contributed by atoms with Crippen LogP contribution >= 0.6 is 0 Å². The van der Waals surface area contributed by atoms with Gasteiger partial charge in [0, 0.05) is 19.2 Å². The van der Waals surface area contributed by atoms with Crippen molar-refractivity contribution in [3.63, 3.8) is 0 Å². The van der Waals surface area contributed by atoms with Crippen LogP contribution in [0.2, 0.25) is 0 Å². The Bertz CT molecular complexity index is 1690. The Hall–Kier alpha value is -4.66. The van der Waals surface area contributed by atoms with Gasteiger partial charge in [0.15, 0.2) is 0 Å². The minimum Gasteiger partial charge on any atom is -0.391 e. The smallest absolute Gasteiger partial charge is 0.251 e. The van der Waals surface area contributed by atoms with Gasteiger partial charge in [-0.25, -0.2) is 8.42 Å². The van der Waals surface area contributed by atoms with Gasteiger partial charge in [0.05, 0.1) is 23.6 Å². The topological polar surface area (TPSA) is 145 Å². The predicted octanol–water partition coefficient (Wildman–Crippen LogP) is 4.25. The molecule has 3 aromatic rings. The molecule has 10 nitrogen and oxygen atoms in total. The van der Waals surface area contributed by atoms with Gasteiger partial charge in [-0.2, -0.15) is 0 Å². The van der Waals surface area contributed by atoms with Gasteiger partial charge < -0.3 is 21.1 Å². The van der Waals surface area contributed by atoms with Gasteiger partial charge in [0.1, 0.15) is 12.0 Å². The van der Waals surface area contributed by atoms with E-state index in [1.165, 1.54) is 13.1 Å². The van der Waals surface area contributed by atoms with Gasteiger partial charge in [0.2, 0.25) is 21.8 Å². The number of nitrogens with one attached hydrogen (secondary N) is 3. The number of amides is 3. The van der Waals surface area contributed by atoms with E-state index >= 15 is 0 Å². The molecule has 0 unspecified atom stereocenters. The molecule has 0 aliphatic carbocycles. The normalized spacial score (nSPS) is 13.9. The lowest BCUT2D eigenvalue weighted by Gasteiger charge is -2.28. The quantitative estimate of drug-likeness (QED) is 0.156. The molecule has 262 valence electrons. The number of benzene rings is 3. The summed E-state index contributed by atoms with van der Waals surface area (Å²) in [5.41, 5.74) is 2.06. The molecule has 0 aromatic heterocycles. The van der Waals surface area contributed by atoms with E-state index in [4.69, 9.17) is 6.42 Å². The Morgan fingerprint density at radius 1 is 0.837 bits per heavy atom. The lowest BCUT2D eigenvalue weighted by atomic mass is 9.91. The molecular formula is C38H48N4O6S. The van der Waals surface area contributed by atoms with Crippen LogP contribution in [0.5, 0.6) is 0 Å². The van der Waals surface area contributed by atoms with Gasteiger partial charge in [-0.05, 0) is 54.0 Å². The maximum Gasteiger partial charge on any atom is 0.251 e. The summed E-state index contributed by atoms with van der Waals surface area (Å²) in [6.45, 7) is 7.80. The van der Waals surface area contributed by atoms with Gasteiger partial charge in [-0.3, -0.25) is 18.7 Å². The molecule has 3 rings (SSSR count). The molecule has 0 bridgehead atoms. The van der Waals surface area contributed by atoms with Crippen LogP contribution in [-0.4, -0.2) is 56.5 Å². The summed E-state index contributed by atoms with van der Waals surface area (Å²) in [6, 6.07) is 22.8. The highest BCUT2D eigenvalue weighted by Crippen LogP contribution is 2.22. The van der Waals surface area contributed by atoms with Crippen molar-refractivity contribution in [2.75, 3.05) is 11.4 Å². The molecule has 0 saturated carbocycles. The number of carbonyl (C=O) groups excluding carboxylic acids is 3. The van der Waals surface area contributed by atoms with E-state index in [1.807, 2.05) is 64.1 Å². The molecule has 11 heteroatoms. The van der Waals surface area contributed by atoms with Crippen LogP contribution in [-0.2, 0) is 31.9 Å². The number of terminal acetylenes is 1. The second-order valence-electron chi connectivity index (χ2n) is 12.9. The van der Waals surface area contributed by atoms with Crippen molar-refractivity contribution in [2.45, 2.75) is 71.0 Å². The van der Waals surface area contributed by atoms with E-state index in [0.717, 1.165) is 9.87 Å². The van der Waals surface area contributed by atoms with Crippen LogP contribution in [0.25, 0.3) is 0 Å². The van der Waals surface area contributed by atoms with E-state index in [2.05, 4.69) is 21.9 Å². The zero-order valence-electron chi connectivity index (χ0n) is 28.8. The molecule has 0 saturated heterocycles. The first-order chi connectivity index (χ1) is 23.2. The van der Waals surface area contributed by atoms with Crippen molar-refractivity contribution >= 4 is 33.4 Å². The summed E-state index contributed by atoms with van der Waals surface area (Å²) in [5, 5.41) is 19.8. The summed E-state index contributed by atoms with van der Waals surface area (Å²) < 4.78 is 27.4. The number of anilines is 1. The monoisotopic (exact) mass is 688 g/mol. The van der Waals surface area contributed by atoms with Gasteiger partial charge in [-0.1, -0.05) is 100 Å². The van der Waals surface area contributed by atoms with Crippen molar-refractivity contribution in [1.29, 1.82) is 0 Å². The van der Waals surface area contributed by atoms with E-state index in [-0.39, 0.29) is 35.5 Å². The van der Waals surface area contributed by atoms with Crippen LogP contribution in [0.3, 0.4) is 0 Å². The van der Waals surface area contributed by atoms with E-state index in [1.54, 1.807) is 42.5 Å². The average Bonchev–Trinajstić information content (AvgIpc) is 3.08. The number of rotatable bonds is 17. The summed E-state index contributed by atoms with van der Waals surface area (Å²) >= 11 is 0. The van der Waals surface area contributed by atoms with Crippen LogP contribution in [0.4, 0.5) is 5.69 Å². The molecule has 0 heterocycles. The number of aliphatic hydroxyl groups is 1. The number of nitrogens with zero attached hydrogens (tertiary/aromatic N) is 1. The fourth-order valence-corrected chi connectivity index (χ4v) is 6.54. The molecular weight excluding hydrogens is 641 g/mol. The third-order valence-corrected chi connectivity index (χ3v) is 9.88. The maximum absolute atomic E-state index is 13.5. The Labute approximate surface area is 290 Å². The molecule has 0 aliphatic heterocycles. The Kier molecular flexibility index (Phi) is 14.4. The Morgan fingerprint density at radius 3 is 2.02 bits per heavy atom. The average molecular weight is 689 g/mol. The lowest BCUT2D eigenvalue weighted by molar-refractivity contribution is -0.131. The van der Waals surface area contributed by atoms with Crippen LogP contribution < -0.4 is 20.3 Å². The lowest BCUT2D eigenvalue weighted by Crippen LogP contribution is -2.52. The molecule has 0 aliphatic rings. The number of aliphatic hydroxyl groups excluding tert-OH is 1. The summed E-state index contributed by atoms with van der Waals surface area (Å²) in [4.78, 5) is 39.8. The predicted molar refractivity (Wildman–Crippen MR) is 193 cm³/mol. The van der Waals surface area contributed by atoms with Gasteiger partial charge >= 0.3 is 0 Å². The second kappa shape index (κ2) is 18.2. The molecule has 0 fully saturated rings. The molecule has 0 spiro atoms. The molecule has 4 atom stereocenters. The Morgan fingerprint density at radius 2 is 1.45 bits per heavy atom. The molecule has 4 N–H and O–H groups in total. The van der Waals surface area contributed by atoms with Crippen molar-refractivity contribution in [3.05, 3.63) is 102 Å². The Balaban J connectivity index is 1.68. The highest BCUT2D eigenvalue weighted by molar-refractivity contribution is 7.92. The first-order valence-corrected chi connectivity index (χ1v) is 18.0. The van der Waals surface area contributed by atoms with Crippen molar-refractivity contribution < 1.29 is 27.9 Å². The fourth-order valence-electron chi connectivity index (χ4n) is 5.30. The highest BCUT2D eigenvalue weighted by atomic mass is 32.2. The van der Waals surface area contributed by atoms with Gasteiger partial charge in [0.25, 0.3) is 5.91 Å². The first-order valence-electron chi connectivity index (χ1n) is 16.4. The minimum atomic E-state index is -3.74. The van der Waals surface area contributed by atoms with Crippen molar-refractivity contribution in [3.8, 4) is 12.3 Å². The summed E-state index contributed by atoms with van der Waals surface area (Å²) in [7, 11) is -2.31. The number of hydrogen-bond acceptors (Lipinski definition) is 6. The van der Waals surface area contributed by atoms with Crippen LogP contribution in [0, 0.1) is 30.1 Å². The van der Waals surface area contributed by atoms with Crippen molar-refractivity contribution in [1.82, 2.24) is 16.0 Å². The molecule has 0 radical (unpaired) electrons.